The van der Waals surface area contributed by atoms with E-state index in [0.29, 0.717) is 0 Å². The molecule has 0 spiro atoms. The summed E-state index contributed by atoms with van der Waals surface area (Å²) in [4.78, 5) is 5.74. The number of hydrogen-bond donors (Lipinski definition) is 0. The van der Waals surface area contributed by atoms with Gasteiger partial charge in [0.15, 0.2) is 0 Å². The van der Waals surface area contributed by atoms with Gasteiger partial charge in [-0.25, -0.2) is 0 Å². The van der Waals surface area contributed by atoms with Gasteiger partial charge in [-0.05, 0) is 30.7 Å². The van der Waals surface area contributed by atoms with Crippen molar-refractivity contribution in [3.8, 4) is 0 Å². The monoisotopic (exact) mass is 287 g/mol. The van der Waals surface area contributed by atoms with Gasteiger partial charge in [0.05, 0.1) is 0 Å². The fraction of sp³-hybridized carbons (Fsp3) is 0.300. The molecular formula is C10H10BrNS2. The van der Waals surface area contributed by atoms with Gasteiger partial charge < -0.3 is 0 Å². The van der Waals surface area contributed by atoms with Crippen LogP contribution in [0.1, 0.15) is 6.42 Å². The summed E-state index contributed by atoms with van der Waals surface area (Å²) < 4.78 is 2.33. The smallest absolute Gasteiger partial charge is 0.129 e. The maximum atomic E-state index is 4.48. The van der Waals surface area contributed by atoms with E-state index >= 15 is 0 Å². The summed E-state index contributed by atoms with van der Waals surface area (Å²) in [6.07, 6.45) is 1.22. The van der Waals surface area contributed by atoms with Crippen LogP contribution in [0.5, 0.6) is 0 Å². The molecule has 0 atom stereocenters. The van der Waals surface area contributed by atoms with Crippen molar-refractivity contribution in [1.29, 1.82) is 0 Å². The van der Waals surface area contributed by atoms with Gasteiger partial charge >= 0.3 is 0 Å². The standard InChI is InChI=1S/C10H10BrNS2/c11-8-2-4-9(5-3-8)14-10-12-6-1-7-13-10/h2-5H,1,6-7H2. The first-order chi connectivity index (χ1) is 6.84. The zero-order valence-electron chi connectivity index (χ0n) is 7.57. The molecule has 1 aliphatic heterocycles. The van der Waals surface area contributed by atoms with Crippen LogP contribution in [-0.4, -0.2) is 16.7 Å². The Kier molecular flexibility index (Phi) is 3.96. The SMILES string of the molecule is Brc1ccc(SC2=NCCCS2)cc1. The van der Waals surface area contributed by atoms with E-state index in [-0.39, 0.29) is 0 Å². The largest absolute Gasteiger partial charge is 0.271 e. The van der Waals surface area contributed by atoms with Gasteiger partial charge in [0, 0.05) is 21.7 Å². The molecule has 1 nitrogen and oxygen atoms in total. The number of aliphatic imine (C=N–C) groups is 1. The number of nitrogens with zero attached hydrogens (tertiary/aromatic N) is 1. The highest BCUT2D eigenvalue weighted by molar-refractivity contribution is 9.10. The van der Waals surface area contributed by atoms with Gasteiger partial charge in [-0.15, -0.1) is 0 Å². The molecule has 0 aromatic heterocycles. The number of benzene rings is 1. The summed E-state index contributed by atoms with van der Waals surface area (Å²) in [5.74, 6) is 1.21. The molecule has 4 heteroatoms. The van der Waals surface area contributed by atoms with Crippen molar-refractivity contribution in [1.82, 2.24) is 0 Å². The minimum atomic E-state index is 0.992. The molecule has 0 saturated carbocycles. The van der Waals surface area contributed by atoms with Crippen molar-refractivity contribution < 1.29 is 0 Å². The lowest BCUT2D eigenvalue weighted by atomic mass is 10.4. The van der Waals surface area contributed by atoms with E-state index in [1.165, 1.54) is 21.4 Å². The number of halogens is 1. The molecule has 1 aromatic carbocycles. The predicted molar refractivity (Wildman–Crippen MR) is 69.4 cm³/mol. The fourth-order valence-corrected chi connectivity index (χ4v) is 3.40. The highest BCUT2D eigenvalue weighted by atomic mass is 79.9. The van der Waals surface area contributed by atoms with Gasteiger partial charge in [-0.1, -0.05) is 39.5 Å². The Bertz CT molecular complexity index is 334. The Labute approximate surface area is 101 Å². The lowest BCUT2D eigenvalue weighted by Gasteiger charge is -2.10. The molecule has 14 heavy (non-hydrogen) atoms. The minimum Gasteiger partial charge on any atom is -0.271 e. The summed E-state index contributed by atoms with van der Waals surface area (Å²) in [6, 6.07) is 8.37. The molecule has 0 amide bonds. The second-order valence-corrected chi connectivity index (χ2v) is 6.23. The third kappa shape index (κ3) is 3.04. The van der Waals surface area contributed by atoms with Crippen LogP contribution < -0.4 is 0 Å². The first kappa shape index (κ1) is 10.6. The van der Waals surface area contributed by atoms with Gasteiger partial charge in [-0.2, -0.15) is 0 Å². The van der Waals surface area contributed by atoms with Crippen LogP contribution in [-0.2, 0) is 0 Å². The number of hydrogen-bond acceptors (Lipinski definition) is 3. The van der Waals surface area contributed by atoms with Gasteiger partial charge in [-0.3, -0.25) is 4.99 Å². The fourth-order valence-electron chi connectivity index (χ4n) is 1.11. The average molecular weight is 288 g/mol. The van der Waals surface area contributed by atoms with Crippen molar-refractivity contribution in [3.63, 3.8) is 0 Å². The summed E-state index contributed by atoms with van der Waals surface area (Å²) in [5.41, 5.74) is 0. The van der Waals surface area contributed by atoms with Crippen LogP contribution in [0.15, 0.2) is 38.6 Å². The third-order valence-electron chi connectivity index (χ3n) is 1.79. The molecule has 1 aliphatic rings. The van der Waals surface area contributed by atoms with Crippen LogP contribution in [0, 0.1) is 0 Å². The third-order valence-corrected chi connectivity index (χ3v) is 4.60. The van der Waals surface area contributed by atoms with Crippen molar-refractivity contribution in [2.75, 3.05) is 12.3 Å². The predicted octanol–water partition coefficient (Wildman–Crippen LogP) is 4.03. The molecule has 0 saturated heterocycles. The highest BCUT2D eigenvalue weighted by Crippen LogP contribution is 2.29. The topological polar surface area (TPSA) is 12.4 Å². The summed E-state index contributed by atoms with van der Waals surface area (Å²) in [6.45, 7) is 0.992. The molecule has 1 heterocycles. The normalized spacial score (nSPS) is 16.5. The summed E-state index contributed by atoms with van der Waals surface area (Å²) in [7, 11) is 0. The Hall–Kier alpha value is 0.0700. The Morgan fingerprint density at radius 2 is 2.07 bits per heavy atom. The Morgan fingerprint density at radius 3 is 2.71 bits per heavy atom. The second-order valence-electron chi connectivity index (χ2n) is 2.91. The molecule has 0 unspecified atom stereocenters. The van der Waals surface area contributed by atoms with Crippen molar-refractivity contribution in [2.45, 2.75) is 11.3 Å². The van der Waals surface area contributed by atoms with Crippen molar-refractivity contribution in [2.24, 2.45) is 4.99 Å². The van der Waals surface area contributed by atoms with Gasteiger partial charge in [0.2, 0.25) is 0 Å². The number of rotatable bonds is 1. The molecule has 1 aromatic rings. The van der Waals surface area contributed by atoms with E-state index in [1.807, 2.05) is 11.8 Å². The molecule has 0 fully saturated rings. The van der Waals surface area contributed by atoms with Crippen LogP contribution in [0.4, 0.5) is 0 Å². The summed E-state index contributed by atoms with van der Waals surface area (Å²) in [5, 5.41) is 0. The van der Waals surface area contributed by atoms with Crippen LogP contribution in [0.2, 0.25) is 0 Å². The number of thioether (sulfide) groups is 2. The highest BCUT2D eigenvalue weighted by Gasteiger charge is 2.07. The Balaban J connectivity index is 2.03. The molecular weight excluding hydrogens is 278 g/mol. The molecule has 2 rings (SSSR count). The van der Waals surface area contributed by atoms with E-state index < -0.39 is 0 Å². The van der Waals surface area contributed by atoms with E-state index in [1.54, 1.807) is 11.8 Å². The Morgan fingerprint density at radius 1 is 1.29 bits per heavy atom. The molecule has 0 radical (unpaired) electrons. The van der Waals surface area contributed by atoms with E-state index in [0.717, 1.165) is 11.0 Å². The molecule has 0 N–H and O–H groups in total. The first-order valence-electron chi connectivity index (χ1n) is 4.45. The zero-order valence-corrected chi connectivity index (χ0v) is 10.8. The molecule has 0 bridgehead atoms. The maximum Gasteiger partial charge on any atom is 0.129 e. The first-order valence-corrected chi connectivity index (χ1v) is 7.05. The zero-order chi connectivity index (χ0) is 9.80. The van der Waals surface area contributed by atoms with Gasteiger partial charge in [0.1, 0.15) is 4.38 Å². The molecule has 74 valence electrons. The summed E-state index contributed by atoms with van der Waals surface area (Å²) >= 11 is 7.05. The lowest BCUT2D eigenvalue weighted by molar-refractivity contribution is 0.942. The lowest BCUT2D eigenvalue weighted by Crippen LogP contribution is -1.99. The molecule has 0 aliphatic carbocycles. The second kappa shape index (κ2) is 5.24. The van der Waals surface area contributed by atoms with Crippen LogP contribution in [0.3, 0.4) is 0 Å². The van der Waals surface area contributed by atoms with Crippen molar-refractivity contribution in [3.05, 3.63) is 28.7 Å². The average Bonchev–Trinajstić information content (AvgIpc) is 2.23. The van der Waals surface area contributed by atoms with E-state index in [9.17, 15) is 0 Å². The minimum absolute atomic E-state index is 0.992. The van der Waals surface area contributed by atoms with Crippen LogP contribution in [0.25, 0.3) is 0 Å². The van der Waals surface area contributed by atoms with Crippen LogP contribution >= 0.6 is 39.5 Å². The maximum absolute atomic E-state index is 4.48. The van der Waals surface area contributed by atoms with E-state index in [2.05, 4.69) is 45.2 Å². The van der Waals surface area contributed by atoms with Crippen molar-refractivity contribution >= 4 is 43.8 Å². The quantitative estimate of drug-likeness (QED) is 0.773. The van der Waals surface area contributed by atoms with E-state index in [4.69, 9.17) is 0 Å². The van der Waals surface area contributed by atoms with Gasteiger partial charge in [0.25, 0.3) is 0 Å².